The van der Waals surface area contributed by atoms with Crippen molar-refractivity contribution in [3.8, 4) is 55.6 Å². The van der Waals surface area contributed by atoms with Gasteiger partial charge in [0.05, 0.1) is 0 Å². The Hall–Kier alpha value is -8.76. The predicted octanol–water partition coefficient (Wildman–Crippen LogP) is 20.2. The van der Waals surface area contributed by atoms with Crippen molar-refractivity contribution >= 4 is 110 Å². The maximum atomic E-state index is 12.1. The third-order valence-electron chi connectivity index (χ3n) is 22.6. The molecule has 0 saturated carbocycles. The molecule has 102 heavy (non-hydrogen) atoms. The van der Waals surface area contributed by atoms with Crippen molar-refractivity contribution in [1.82, 2.24) is 0 Å². The van der Waals surface area contributed by atoms with Gasteiger partial charge in [-0.25, -0.2) is 0 Å². The van der Waals surface area contributed by atoms with Crippen LogP contribution in [-0.2, 0) is 10.8 Å². The van der Waals surface area contributed by atoms with Crippen molar-refractivity contribution in [2.45, 2.75) is 140 Å². The van der Waals surface area contributed by atoms with Gasteiger partial charge in [-0.3, -0.25) is 0 Å². The van der Waals surface area contributed by atoms with Crippen LogP contribution in [0.3, 0.4) is 0 Å². The summed E-state index contributed by atoms with van der Waals surface area (Å²) >= 11 is 0.0710. The summed E-state index contributed by atoms with van der Waals surface area (Å²) in [5.74, 6) is -0.112. The Labute approximate surface area is 638 Å². The molecule has 6 heteroatoms. The molecule has 0 radical (unpaired) electrons. The standard InChI is InChI=1S/C96H90B2N2SSe/c1-94(2,3)71-54-74(64-37-23-13-24-38-64)91(75(55-71)65-39-25-14-26-40-65)99-81-53-70(63-35-21-12-22-36-63)45-48-78(81)98-88-82(99)58-73(96(7,8)9)59-83(88)100(92-76(66-41-27-15-28-42-66)56-72(95(4,5)6)57-77(92)67-43-29-16-30-44-67)84-60-86-90-93(89(84)98)102-87-50-47-69(62-33-19-11-20-34-62)52-80(87)97(90)79-51-68(46-49-85(79)101-86)61-31-17-10-18-32-61/h10-13,15-23,27-36,39,41-54,56-60,64,71,75,91H,14,24-26,37-38,40,55H2,1-9H3/i12D,21D,22D,35D,36D,45D,46D,47D,48D,49D,50D,51D,52D,53D,60D. The number of rotatable bonds is 9. The molecule has 11 aromatic carbocycles. The van der Waals surface area contributed by atoms with Gasteiger partial charge in [0.2, 0.25) is 0 Å². The fourth-order valence-electron chi connectivity index (χ4n) is 17.2. The summed E-state index contributed by atoms with van der Waals surface area (Å²) in [6.45, 7) is 17.9. The van der Waals surface area contributed by atoms with E-state index in [4.69, 9.17) is 1.37 Å². The molecule has 502 valence electrons. The molecule has 0 amide bonds. The van der Waals surface area contributed by atoms with Crippen LogP contribution in [0.2, 0.25) is 0 Å². The molecular formula is C96H90B2N2SSe. The Morgan fingerprint density at radius 1 is 0.500 bits per heavy atom. The Bertz CT molecular complexity index is 6010. The first kappa shape index (κ1) is 50.6. The van der Waals surface area contributed by atoms with Crippen LogP contribution in [-0.4, -0.2) is 34.4 Å². The van der Waals surface area contributed by atoms with E-state index in [-0.39, 0.29) is 116 Å². The van der Waals surface area contributed by atoms with Crippen molar-refractivity contribution in [2.24, 2.45) is 23.2 Å². The molecule has 4 aliphatic heterocycles. The average molecular weight is 1420 g/mol. The summed E-state index contributed by atoms with van der Waals surface area (Å²) in [5.41, 5.74) is 13.1. The van der Waals surface area contributed by atoms with Gasteiger partial charge in [0.25, 0.3) is 0 Å². The molecule has 2 nitrogen and oxygen atoms in total. The predicted molar refractivity (Wildman–Crippen MR) is 442 cm³/mol. The SMILES string of the molecule is [2H]c1c([2H])c([2H])c(-c2c([2H])c([2H])c3c(c2[2H])N(C2C(C4CC=CCC4)=CC(C(C)(C)C)CC2C2=CCCCC2)c2cc(C(C)(C)C)cc4c2B3c2c3c5c(c([2H])c2N4c2c(-c4ccccc4)cc(C(C)(C)C)cc2-c2ccccc2)Sc2c([2H])c([2H])c(-c4ccccc4)c([2H])c2B5c2c([2H])c(-c4ccccc4)c([2H])c([2H])c2[Se]3)c([2H])c1[2H]. The summed E-state index contributed by atoms with van der Waals surface area (Å²) in [4.78, 5) is 5.35. The van der Waals surface area contributed by atoms with Gasteiger partial charge in [0, 0.05) is 0 Å². The zero-order chi connectivity index (χ0) is 82.4. The molecule has 0 saturated heterocycles. The first-order valence-corrected chi connectivity index (χ1v) is 39.1. The summed E-state index contributed by atoms with van der Waals surface area (Å²) in [6.07, 6.45) is 16.4. The first-order valence-electron chi connectivity index (χ1n) is 44.1. The van der Waals surface area contributed by atoms with E-state index in [0.29, 0.717) is 63.9 Å². The zero-order valence-electron chi connectivity index (χ0n) is 74.5. The Kier molecular flexibility index (Phi) is 12.7. The first-order chi connectivity index (χ1) is 55.8. The quantitative estimate of drug-likeness (QED) is 0.105. The van der Waals surface area contributed by atoms with Crippen molar-refractivity contribution in [1.29, 1.82) is 0 Å². The van der Waals surface area contributed by atoms with Crippen LogP contribution in [0.25, 0.3) is 55.6 Å². The van der Waals surface area contributed by atoms with Crippen LogP contribution in [0.1, 0.15) is 145 Å². The second-order valence-electron chi connectivity index (χ2n) is 32.0. The number of fused-ring (bicyclic) bond motifs is 9. The van der Waals surface area contributed by atoms with Gasteiger partial charge in [-0.05, 0) is 0 Å². The van der Waals surface area contributed by atoms with Crippen LogP contribution in [0, 0.1) is 23.2 Å². The monoisotopic (exact) mass is 1420 g/mol. The van der Waals surface area contributed by atoms with Crippen molar-refractivity contribution in [2.75, 3.05) is 9.80 Å². The van der Waals surface area contributed by atoms with Crippen molar-refractivity contribution in [3.05, 3.63) is 283 Å². The van der Waals surface area contributed by atoms with E-state index in [1.54, 1.807) is 0 Å². The minimum absolute atomic E-state index is 0.00706. The van der Waals surface area contributed by atoms with Crippen molar-refractivity contribution < 1.29 is 20.6 Å². The fraction of sp³-hybridized carbons (Fsp3) is 0.250. The summed E-state index contributed by atoms with van der Waals surface area (Å²) in [5, 5.41) is 0. The molecule has 0 spiro atoms. The van der Waals surface area contributed by atoms with Crippen LogP contribution >= 0.6 is 11.8 Å². The van der Waals surface area contributed by atoms with Gasteiger partial charge in [-0.1, -0.05) is 0 Å². The number of hydrogen-bond donors (Lipinski definition) is 0. The van der Waals surface area contributed by atoms with Gasteiger partial charge in [0.15, 0.2) is 0 Å². The number of nitrogens with zero attached hydrogens (tertiary/aromatic N) is 2. The molecule has 0 bridgehead atoms. The molecule has 4 unspecified atom stereocenters. The Balaban J connectivity index is 1.09. The molecule has 4 atom stereocenters. The molecule has 4 heterocycles. The second-order valence-corrected chi connectivity index (χ2v) is 35.1. The van der Waals surface area contributed by atoms with Crippen LogP contribution < -0.4 is 51.5 Å². The maximum absolute atomic E-state index is 12.1. The molecule has 7 aliphatic rings. The van der Waals surface area contributed by atoms with Crippen LogP contribution in [0.15, 0.2) is 281 Å². The van der Waals surface area contributed by atoms with Gasteiger partial charge < -0.3 is 0 Å². The fourth-order valence-corrected chi connectivity index (χ4v) is 21.0. The van der Waals surface area contributed by atoms with E-state index in [1.165, 1.54) is 22.9 Å². The van der Waals surface area contributed by atoms with Gasteiger partial charge in [-0.2, -0.15) is 0 Å². The van der Waals surface area contributed by atoms with E-state index >= 15 is 0 Å². The molecule has 0 N–H and O–H groups in total. The van der Waals surface area contributed by atoms with E-state index in [9.17, 15) is 19.2 Å². The van der Waals surface area contributed by atoms with Gasteiger partial charge >= 0.3 is 643 Å². The van der Waals surface area contributed by atoms with Gasteiger partial charge in [0.1, 0.15) is 0 Å². The van der Waals surface area contributed by atoms with Gasteiger partial charge in [-0.15, -0.1) is 0 Å². The molecule has 18 rings (SSSR count). The molecular weight excluding hydrogens is 1310 g/mol. The van der Waals surface area contributed by atoms with Crippen molar-refractivity contribution in [3.63, 3.8) is 0 Å². The van der Waals surface area contributed by atoms with E-state index in [0.717, 1.165) is 95.9 Å². The second kappa shape index (κ2) is 25.6. The normalized spacial score (nSPS) is 20.9. The molecule has 3 aliphatic carbocycles. The summed E-state index contributed by atoms with van der Waals surface area (Å²) < 4.78 is 158. The molecule has 0 aromatic heterocycles. The summed E-state index contributed by atoms with van der Waals surface area (Å²) in [6, 6.07) is 42.8. The van der Waals surface area contributed by atoms with E-state index in [1.807, 2.05) is 97.1 Å². The minimum atomic E-state index is -1.19. The number of anilines is 5. The third-order valence-corrected chi connectivity index (χ3v) is 26.1. The third kappa shape index (κ3) is 11.3. The van der Waals surface area contributed by atoms with E-state index in [2.05, 4.69) is 145 Å². The van der Waals surface area contributed by atoms with Crippen LogP contribution in [0.4, 0.5) is 28.4 Å². The summed E-state index contributed by atoms with van der Waals surface area (Å²) in [7, 11) is 0. The average Bonchev–Trinajstić information content (AvgIpc) is 0.659. The number of hydrogen-bond acceptors (Lipinski definition) is 3. The number of allylic oxidation sites excluding steroid dienone is 4. The Morgan fingerprint density at radius 3 is 1.73 bits per heavy atom. The van der Waals surface area contributed by atoms with Crippen LogP contribution in [0.5, 0.6) is 0 Å². The Morgan fingerprint density at radius 2 is 1.11 bits per heavy atom. The molecule has 0 fully saturated rings. The zero-order valence-corrected chi connectivity index (χ0v) is 62.0. The number of benzene rings is 11. The topological polar surface area (TPSA) is 6.48 Å². The van der Waals surface area contributed by atoms with E-state index < -0.39 is 81.5 Å². The molecule has 11 aromatic rings.